The smallest absolute Gasteiger partial charge is 0.234 e. The zero-order chi connectivity index (χ0) is 13.7. The number of hydrogen-bond donors (Lipinski definition) is 1. The molecule has 0 radical (unpaired) electrons. The molecule has 0 bridgehead atoms. The number of carbonyl (C=O) groups excluding carboxylic acids is 1. The van der Waals surface area contributed by atoms with Crippen molar-refractivity contribution < 1.29 is 9.18 Å². The maximum absolute atomic E-state index is 12.7. The van der Waals surface area contributed by atoms with E-state index in [1.807, 2.05) is 12.1 Å². The topological polar surface area (TPSA) is 42.0 Å². The van der Waals surface area contributed by atoms with Crippen LogP contribution >= 0.6 is 27.7 Å². The summed E-state index contributed by atoms with van der Waals surface area (Å²) in [4.78, 5) is 15.8. The van der Waals surface area contributed by atoms with E-state index >= 15 is 0 Å². The Balaban J connectivity index is 1.84. The minimum atomic E-state index is -0.327. The summed E-state index contributed by atoms with van der Waals surface area (Å²) in [5.41, 5.74) is 0.579. The van der Waals surface area contributed by atoms with E-state index in [0.717, 1.165) is 9.50 Å². The first-order valence-electron chi connectivity index (χ1n) is 5.43. The fraction of sp³-hybridized carbons (Fsp3) is 0.0769. The first kappa shape index (κ1) is 14.0. The van der Waals surface area contributed by atoms with Crippen LogP contribution in [0.15, 0.2) is 52.1 Å². The molecule has 0 saturated carbocycles. The molecule has 0 atom stereocenters. The third kappa shape index (κ3) is 4.65. The number of benzene rings is 1. The average Bonchev–Trinajstić information content (AvgIpc) is 2.41. The number of pyridine rings is 1. The van der Waals surface area contributed by atoms with Crippen molar-refractivity contribution in [2.24, 2.45) is 0 Å². The predicted octanol–water partition coefficient (Wildman–Crippen LogP) is 3.71. The molecule has 3 nitrogen and oxygen atoms in total. The summed E-state index contributed by atoms with van der Waals surface area (Å²) in [5, 5.41) is 3.46. The number of thioether (sulfide) groups is 1. The fourth-order valence-electron chi connectivity index (χ4n) is 1.32. The third-order valence-electron chi connectivity index (χ3n) is 2.18. The molecule has 1 aromatic heterocycles. The zero-order valence-corrected chi connectivity index (χ0v) is 12.2. The van der Waals surface area contributed by atoms with Gasteiger partial charge < -0.3 is 5.32 Å². The lowest BCUT2D eigenvalue weighted by Crippen LogP contribution is -2.14. The Morgan fingerprint density at radius 1 is 1.26 bits per heavy atom. The second kappa shape index (κ2) is 6.68. The molecule has 0 saturated heterocycles. The van der Waals surface area contributed by atoms with E-state index in [1.54, 1.807) is 6.20 Å². The van der Waals surface area contributed by atoms with Crippen molar-refractivity contribution in [3.8, 4) is 0 Å². The van der Waals surface area contributed by atoms with Crippen LogP contribution in [0.5, 0.6) is 0 Å². The molecule has 0 aliphatic rings. The highest BCUT2D eigenvalue weighted by molar-refractivity contribution is 9.10. The van der Waals surface area contributed by atoms with Gasteiger partial charge in [0.2, 0.25) is 5.91 Å². The Hall–Kier alpha value is -1.40. The van der Waals surface area contributed by atoms with Crippen molar-refractivity contribution in [3.63, 3.8) is 0 Å². The molecule has 1 heterocycles. The summed E-state index contributed by atoms with van der Waals surface area (Å²) >= 11 is 4.64. The lowest BCUT2D eigenvalue weighted by molar-refractivity contribution is -0.113. The molecule has 2 rings (SSSR count). The molecule has 19 heavy (non-hydrogen) atoms. The number of hydrogen-bond acceptors (Lipinski definition) is 3. The van der Waals surface area contributed by atoms with Crippen molar-refractivity contribution in [1.82, 2.24) is 4.98 Å². The van der Waals surface area contributed by atoms with Gasteiger partial charge in [0.05, 0.1) is 10.8 Å². The number of aromatic nitrogens is 1. The SMILES string of the molecule is O=C(CSc1ccc(Br)cn1)Nc1ccc(F)cc1. The summed E-state index contributed by atoms with van der Waals surface area (Å²) in [6.45, 7) is 0. The van der Waals surface area contributed by atoms with Gasteiger partial charge in [-0.1, -0.05) is 11.8 Å². The molecule has 1 N–H and O–H groups in total. The highest BCUT2D eigenvalue weighted by Crippen LogP contribution is 2.18. The Bertz CT molecular complexity index is 560. The predicted molar refractivity (Wildman–Crippen MR) is 77.7 cm³/mol. The van der Waals surface area contributed by atoms with Gasteiger partial charge in [-0.2, -0.15) is 0 Å². The Morgan fingerprint density at radius 3 is 2.63 bits per heavy atom. The van der Waals surface area contributed by atoms with E-state index in [-0.39, 0.29) is 17.5 Å². The van der Waals surface area contributed by atoms with Crippen LogP contribution in [0.4, 0.5) is 10.1 Å². The molecule has 1 aromatic carbocycles. The van der Waals surface area contributed by atoms with Gasteiger partial charge >= 0.3 is 0 Å². The molecule has 0 spiro atoms. The van der Waals surface area contributed by atoms with E-state index in [1.165, 1.54) is 36.0 Å². The van der Waals surface area contributed by atoms with Crippen LogP contribution in [0, 0.1) is 5.82 Å². The van der Waals surface area contributed by atoms with E-state index in [2.05, 4.69) is 26.2 Å². The van der Waals surface area contributed by atoms with Crippen LogP contribution in [0.3, 0.4) is 0 Å². The van der Waals surface area contributed by atoms with Crippen LogP contribution in [-0.2, 0) is 4.79 Å². The van der Waals surface area contributed by atoms with Gasteiger partial charge in [0.25, 0.3) is 0 Å². The second-order valence-corrected chi connectivity index (χ2v) is 5.57. The molecule has 0 aliphatic carbocycles. The van der Waals surface area contributed by atoms with Gasteiger partial charge in [-0.15, -0.1) is 0 Å². The van der Waals surface area contributed by atoms with Crippen molar-refractivity contribution in [2.75, 3.05) is 11.1 Å². The maximum atomic E-state index is 12.7. The summed E-state index contributed by atoms with van der Waals surface area (Å²) in [6, 6.07) is 9.36. The molecule has 0 fully saturated rings. The van der Waals surface area contributed by atoms with E-state index in [4.69, 9.17) is 0 Å². The second-order valence-electron chi connectivity index (χ2n) is 3.66. The van der Waals surface area contributed by atoms with Crippen molar-refractivity contribution >= 4 is 39.3 Å². The summed E-state index contributed by atoms with van der Waals surface area (Å²) in [6.07, 6.45) is 1.68. The summed E-state index contributed by atoms with van der Waals surface area (Å²) in [5.74, 6) is -0.223. The minimum Gasteiger partial charge on any atom is -0.325 e. The Kier molecular flexibility index (Phi) is 4.93. The number of rotatable bonds is 4. The number of carbonyl (C=O) groups is 1. The number of nitrogens with one attached hydrogen (secondary N) is 1. The third-order valence-corrected chi connectivity index (χ3v) is 3.59. The van der Waals surface area contributed by atoms with Gasteiger partial charge in [0.1, 0.15) is 5.82 Å². The van der Waals surface area contributed by atoms with Gasteiger partial charge in [-0.05, 0) is 52.3 Å². The van der Waals surface area contributed by atoms with E-state index < -0.39 is 0 Å². The summed E-state index contributed by atoms with van der Waals surface area (Å²) in [7, 11) is 0. The van der Waals surface area contributed by atoms with Gasteiger partial charge in [0.15, 0.2) is 0 Å². The van der Waals surface area contributed by atoms with Crippen LogP contribution in [0.2, 0.25) is 0 Å². The monoisotopic (exact) mass is 340 g/mol. The number of amides is 1. The van der Waals surface area contributed by atoms with Gasteiger partial charge in [0, 0.05) is 16.4 Å². The van der Waals surface area contributed by atoms with Crippen LogP contribution in [0.1, 0.15) is 0 Å². The standard InChI is InChI=1S/C13H10BrFN2OS/c14-9-1-6-13(16-7-9)19-8-12(18)17-11-4-2-10(15)3-5-11/h1-7H,8H2,(H,17,18). The van der Waals surface area contributed by atoms with Crippen LogP contribution < -0.4 is 5.32 Å². The van der Waals surface area contributed by atoms with Gasteiger partial charge in [-0.25, -0.2) is 9.37 Å². The maximum Gasteiger partial charge on any atom is 0.234 e. The number of nitrogens with zero attached hydrogens (tertiary/aromatic N) is 1. The lowest BCUT2D eigenvalue weighted by Gasteiger charge is -2.04. The van der Waals surface area contributed by atoms with Crippen molar-refractivity contribution in [3.05, 3.63) is 52.9 Å². The van der Waals surface area contributed by atoms with Crippen molar-refractivity contribution in [1.29, 1.82) is 0 Å². The Labute approximate surface area is 122 Å². The molecule has 98 valence electrons. The van der Waals surface area contributed by atoms with E-state index in [0.29, 0.717) is 5.69 Å². The first-order chi connectivity index (χ1) is 9.13. The normalized spacial score (nSPS) is 10.2. The highest BCUT2D eigenvalue weighted by Gasteiger charge is 2.04. The first-order valence-corrected chi connectivity index (χ1v) is 7.21. The quantitative estimate of drug-likeness (QED) is 0.862. The van der Waals surface area contributed by atoms with Crippen LogP contribution in [0.25, 0.3) is 0 Å². The Morgan fingerprint density at radius 2 is 2.00 bits per heavy atom. The number of anilines is 1. The fourth-order valence-corrected chi connectivity index (χ4v) is 2.19. The van der Waals surface area contributed by atoms with Crippen molar-refractivity contribution in [2.45, 2.75) is 5.03 Å². The van der Waals surface area contributed by atoms with Crippen LogP contribution in [-0.4, -0.2) is 16.6 Å². The minimum absolute atomic E-state index is 0.152. The molecule has 0 unspecified atom stereocenters. The zero-order valence-electron chi connectivity index (χ0n) is 9.77. The molecular formula is C13H10BrFN2OS. The highest BCUT2D eigenvalue weighted by atomic mass is 79.9. The molecule has 6 heteroatoms. The average molecular weight is 341 g/mol. The number of halogens is 2. The molecule has 2 aromatic rings. The molecule has 1 amide bonds. The van der Waals surface area contributed by atoms with Gasteiger partial charge in [-0.3, -0.25) is 4.79 Å². The summed E-state index contributed by atoms with van der Waals surface area (Å²) < 4.78 is 13.6. The molecule has 0 aliphatic heterocycles. The largest absolute Gasteiger partial charge is 0.325 e. The van der Waals surface area contributed by atoms with E-state index in [9.17, 15) is 9.18 Å². The molecular weight excluding hydrogens is 331 g/mol. The lowest BCUT2D eigenvalue weighted by atomic mass is 10.3.